The second-order valence-electron chi connectivity index (χ2n) is 8.20. The summed E-state index contributed by atoms with van der Waals surface area (Å²) >= 11 is 0. The monoisotopic (exact) mass is 457 g/mol. The van der Waals surface area contributed by atoms with Crippen molar-refractivity contribution >= 4 is 27.6 Å². The molecule has 0 bridgehead atoms. The Bertz CT molecular complexity index is 1590. The maximum absolute atomic E-state index is 12.9. The fourth-order valence-corrected chi connectivity index (χ4v) is 4.09. The molecule has 0 fully saturated rings. The Morgan fingerprint density at radius 1 is 1.09 bits per heavy atom. The highest BCUT2D eigenvalue weighted by Gasteiger charge is 2.22. The normalized spacial score (nSPS) is 11.3. The van der Waals surface area contributed by atoms with Gasteiger partial charge in [0.25, 0.3) is 0 Å². The quantitative estimate of drug-likeness (QED) is 0.391. The standard InChI is InChI=1S/C26H23N3O5/c1-14-8-22-24(26(31)33-14)21(11-23(30)27-12-19-13-28-29-15(19)2)25(34-22)18-5-4-17-10-20(32-3)7-6-16(17)9-18/h4-10,13H,11-12H2,1-3H3,(H,27,30)(H,28,29). The van der Waals surface area contributed by atoms with Crippen LogP contribution < -0.4 is 15.7 Å². The van der Waals surface area contributed by atoms with Crippen molar-refractivity contribution in [1.82, 2.24) is 15.5 Å². The van der Waals surface area contributed by atoms with Crippen molar-refractivity contribution < 1.29 is 18.4 Å². The Hall–Kier alpha value is -4.33. The highest BCUT2D eigenvalue weighted by Crippen LogP contribution is 2.35. The van der Waals surface area contributed by atoms with E-state index in [9.17, 15) is 9.59 Å². The van der Waals surface area contributed by atoms with Gasteiger partial charge in [0.1, 0.15) is 28.2 Å². The largest absolute Gasteiger partial charge is 0.497 e. The molecule has 0 aliphatic rings. The van der Waals surface area contributed by atoms with Gasteiger partial charge in [-0.3, -0.25) is 9.89 Å². The van der Waals surface area contributed by atoms with Crippen LogP contribution in [0.4, 0.5) is 0 Å². The van der Waals surface area contributed by atoms with Gasteiger partial charge in [0.15, 0.2) is 0 Å². The minimum absolute atomic E-state index is 0.0340. The number of nitrogens with zero attached hydrogens (tertiary/aromatic N) is 1. The molecule has 0 atom stereocenters. The lowest BCUT2D eigenvalue weighted by molar-refractivity contribution is -0.120. The summed E-state index contributed by atoms with van der Waals surface area (Å²) in [6.45, 7) is 3.91. The van der Waals surface area contributed by atoms with E-state index < -0.39 is 5.63 Å². The zero-order chi connectivity index (χ0) is 23.8. The average molecular weight is 457 g/mol. The molecule has 0 unspecified atom stereocenters. The number of carbonyl (C=O) groups excluding carboxylic acids is 1. The molecule has 2 aromatic carbocycles. The summed E-state index contributed by atoms with van der Waals surface area (Å²) in [5.41, 5.74) is 2.91. The van der Waals surface area contributed by atoms with Gasteiger partial charge in [0.2, 0.25) is 5.91 Å². The van der Waals surface area contributed by atoms with Gasteiger partial charge in [-0.2, -0.15) is 5.10 Å². The lowest BCUT2D eigenvalue weighted by Crippen LogP contribution is -2.25. The third-order valence-electron chi connectivity index (χ3n) is 5.88. The second-order valence-corrected chi connectivity index (χ2v) is 8.20. The van der Waals surface area contributed by atoms with Crippen LogP contribution in [0.3, 0.4) is 0 Å². The molecule has 34 heavy (non-hydrogen) atoms. The third-order valence-corrected chi connectivity index (χ3v) is 5.88. The first-order valence-corrected chi connectivity index (χ1v) is 10.8. The van der Waals surface area contributed by atoms with Crippen LogP contribution in [0, 0.1) is 13.8 Å². The molecule has 5 rings (SSSR count). The Morgan fingerprint density at radius 3 is 2.65 bits per heavy atom. The summed E-state index contributed by atoms with van der Waals surface area (Å²) in [6.07, 6.45) is 1.64. The van der Waals surface area contributed by atoms with E-state index in [0.29, 0.717) is 29.2 Å². The number of benzene rings is 2. The first-order chi connectivity index (χ1) is 16.4. The number of furan rings is 1. The number of hydrogen-bond donors (Lipinski definition) is 2. The van der Waals surface area contributed by atoms with Crippen molar-refractivity contribution in [3.63, 3.8) is 0 Å². The maximum Gasteiger partial charge on any atom is 0.347 e. The number of carbonyl (C=O) groups is 1. The molecule has 3 aromatic heterocycles. The van der Waals surface area contributed by atoms with Crippen LogP contribution in [-0.4, -0.2) is 23.2 Å². The fourth-order valence-electron chi connectivity index (χ4n) is 4.09. The molecule has 0 saturated carbocycles. The highest BCUT2D eigenvalue weighted by atomic mass is 16.5. The Kier molecular flexibility index (Phi) is 5.41. The number of nitrogens with one attached hydrogen (secondary N) is 2. The molecule has 0 aliphatic carbocycles. The Morgan fingerprint density at radius 2 is 1.88 bits per heavy atom. The van der Waals surface area contributed by atoms with Crippen molar-refractivity contribution in [2.24, 2.45) is 0 Å². The molecular weight excluding hydrogens is 434 g/mol. The van der Waals surface area contributed by atoms with Crippen molar-refractivity contribution in [2.75, 3.05) is 7.11 Å². The first-order valence-electron chi connectivity index (χ1n) is 10.8. The van der Waals surface area contributed by atoms with E-state index in [1.807, 2.05) is 43.3 Å². The van der Waals surface area contributed by atoms with Gasteiger partial charge in [-0.05, 0) is 42.8 Å². The van der Waals surface area contributed by atoms with Crippen molar-refractivity contribution in [1.29, 1.82) is 0 Å². The van der Waals surface area contributed by atoms with Crippen molar-refractivity contribution in [2.45, 2.75) is 26.8 Å². The van der Waals surface area contributed by atoms with Gasteiger partial charge < -0.3 is 18.9 Å². The number of aromatic nitrogens is 2. The number of aromatic amines is 1. The molecule has 3 heterocycles. The minimum atomic E-state index is -0.524. The number of rotatable bonds is 6. The van der Waals surface area contributed by atoms with Gasteiger partial charge >= 0.3 is 5.63 Å². The Labute approximate surface area is 194 Å². The fraction of sp³-hybridized carbons (Fsp3) is 0.192. The number of H-pyrrole nitrogens is 1. The number of ether oxygens (including phenoxy) is 1. The van der Waals surface area contributed by atoms with Crippen molar-refractivity contribution in [3.8, 4) is 17.1 Å². The van der Waals surface area contributed by atoms with Crippen LogP contribution in [0.1, 0.15) is 22.6 Å². The van der Waals surface area contributed by atoms with Crippen LogP contribution in [0.5, 0.6) is 5.75 Å². The van der Waals surface area contributed by atoms with E-state index in [1.54, 1.807) is 26.3 Å². The summed E-state index contributed by atoms with van der Waals surface area (Å²) in [7, 11) is 1.63. The average Bonchev–Trinajstić information content (AvgIpc) is 3.40. The van der Waals surface area contributed by atoms with Gasteiger partial charge in [0, 0.05) is 35.0 Å². The van der Waals surface area contributed by atoms with E-state index in [0.717, 1.165) is 33.3 Å². The molecule has 0 radical (unpaired) electrons. The molecule has 0 aliphatic heterocycles. The molecule has 8 nitrogen and oxygen atoms in total. The Balaban J connectivity index is 1.56. The molecule has 172 valence electrons. The van der Waals surface area contributed by atoms with Gasteiger partial charge in [-0.15, -0.1) is 0 Å². The number of methoxy groups -OCH3 is 1. The van der Waals surface area contributed by atoms with Crippen molar-refractivity contribution in [3.05, 3.63) is 81.7 Å². The summed E-state index contributed by atoms with van der Waals surface area (Å²) in [6, 6.07) is 13.3. The number of hydrogen-bond acceptors (Lipinski definition) is 6. The van der Waals surface area contributed by atoms with Crippen LogP contribution in [0.2, 0.25) is 0 Å². The van der Waals surface area contributed by atoms with E-state index in [1.165, 1.54) is 0 Å². The minimum Gasteiger partial charge on any atom is -0.497 e. The molecular formula is C26H23N3O5. The predicted octanol–water partition coefficient (Wildman–Crippen LogP) is 4.41. The number of fused-ring (bicyclic) bond motifs is 2. The molecule has 0 spiro atoms. The van der Waals surface area contributed by atoms with Crippen LogP contribution in [0.25, 0.3) is 33.1 Å². The molecule has 8 heteroatoms. The van der Waals surface area contributed by atoms with Crippen LogP contribution in [-0.2, 0) is 17.8 Å². The maximum atomic E-state index is 12.9. The zero-order valence-corrected chi connectivity index (χ0v) is 19.0. The summed E-state index contributed by atoms with van der Waals surface area (Å²) in [5.74, 6) is 1.44. The summed E-state index contributed by atoms with van der Waals surface area (Å²) in [5, 5.41) is 12.0. The van der Waals surface area contributed by atoms with E-state index in [-0.39, 0.29) is 17.7 Å². The van der Waals surface area contributed by atoms with Crippen LogP contribution in [0.15, 0.2) is 62.3 Å². The molecule has 1 amide bonds. The third kappa shape index (κ3) is 3.94. The molecule has 2 N–H and O–H groups in total. The predicted molar refractivity (Wildman–Crippen MR) is 128 cm³/mol. The lowest BCUT2D eigenvalue weighted by Gasteiger charge is -2.07. The molecule has 5 aromatic rings. The van der Waals surface area contributed by atoms with E-state index in [4.69, 9.17) is 13.6 Å². The first kappa shape index (κ1) is 21.5. The van der Waals surface area contributed by atoms with Gasteiger partial charge in [-0.25, -0.2) is 4.79 Å². The van der Waals surface area contributed by atoms with Crippen LogP contribution >= 0.6 is 0 Å². The topological polar surface area (TPSA) is 110 Å². The van der Waals surface area contributed by atoms with Gasteiger partial charge in [-0.1, -0.05) is 18.2 Å². The van der Waals surface area contributed by atoms with E-state index >= 15 is 0 Å². The van der Waals surface area contributed by atoms with E-state index in [2.05, 4.69) is 15.5 Å². The molecule has 0 saturated heterocycles. The number of amides is 1. The summed E-state index contributed by atoms with van der Waals surface area (Å²) < 4.78 is 16.8. The zero-order valence-electron chi connectivity index (χ0n) is 19.0. The smallest absolute Gasteiger partial charge is 0.347 e. The second kappa shape index (κ2) is 8.55. The SMILES string of the molecule is COc1ccc2cc(-c3oc4cc(C)oc(=O)c4c3CC(=O)NCc3cn[nH]c3C)ccc2c1. The van der Waals surface area contributed by atoms with Gasteiger partial charge in [0.05, 0.1) is 19.7 Å². The summed E-state index contributed by atoms with van der Waals surface area (Å²) in [4.78, 5) is 25.6. The number of aryl methyl sites for hydroxylation is 2. The lowest BCUT2D eigenvalue weighted by atomic mass is 10.0. The highest BCUT2D eigenvalue weighted by molar-refractivity contribution is 5.95.